The lowest BCUT2D eigenvalue weighted by molar-refractivity contribution is -0.137. The standard InChI is InChI=1S/C14H17BrN2O3/c1-9-3-4-10(15)11(7-9)17-13(19)12(18)16-8-14(20)5-2-6-14/h3-4,7,20H,2,5-6,8H2,1H3,(H,16,18)(H,17,19). The molecule has 0 aliphatic heterocycles. The van der Waals surface area contributed by atoms with E-state index in [2.05, 4.69) is 26.6 Å². The summed E-state index contributed by atoms with van der Waals surface area (Å²) in [5.41, 5.74) is 0.694. The fourth-order valence-corrected chi connectivity index (χ4v) is 2.35. The van der Waals surface area contributed by atoms with E-state index in [1.807, 2.05) is 13.0 Å². The lowest BCUT2D eigenvalue weighted by Crippen LogP contribution is -2.49. The fraction of sp³-hybridized carbons (Fsp3) is 0.429. The number of hydrogen-bond acceptors (Lipinski definition) is 3. The van der Waals surface area contributed by atoms with Crippen molar-refractivity contribution in [3.63, 3.8) is 0 Å². The number of carbonyl (C=O) groups is 2. The Balaban J connectivity index is 1.90. The summed E-state index contributed by atoms with van der Waals surface area (Å²) in [6.45, 7) is 2.02. The predicted octanol–water partition coefficient (Wildman–Crippen LogP) is 1.73. The second kappa shape index (κ2) is 5.93. The van der Waals surface area contributed by atoms with Gasteiger partial charge in [0.05, 0.1) is 11.3 Å². The van der Waals surface area contributed by atoms with Gasteiger partial charge in [-0.1, -0.05) is 6.07 Å². The van der Waals surface area contributed by atoms with Crippen LogP contribution in [0.1, 0.15) is 24.8 Å². The Labute approximate surface area is 125 Å². The van der Waals surface area contributed by atoms with E-state index in [-0.39, 0.29) is 6.54 Å². The van der Waals surface area contributed by atoms with Crippen LogP contribution < -0.4 is 10.6 Å². The largest absolute Gasteiger partial charge is 0.388 e. The molecule has 5 nitrogen and oxygen atoms in total. The monoisotopic (exact) mass is 340 g/mol. The fourth-order valence-electron chi connectivity index (χ4n) is 2.00. The Kier molecular flexibility index (Phi) is 4.45. The molecule has 2 amide bonds. The number of anilines is 1. The van der Waals surface area contributed by atoms with Gasteiger partial charge in [-0.25, -0.2) is 0 Å². The van der Waals surface area contributed by atoms with Gasteiger partial charge in [0, 0.05) is 11.0 Å². The Bertz CT molecular complexity index is 541. The zero-order valence-corrected chi connectivity index (χ0v) is 12.8. The molecule has 0 unspecified atom stereocenters. The van der Waals surface area contributed by atoms with Crippen LogP contribution in [0.5, 0.6) is 0 Å². The first kappa shape index (κ1) is 15.0. The molecule has 1 fully saturated rings. The zero-order chi connectivity index (χ0) is 14.8. The summed E-state index contributed by atoms with van der Waals surface area (Å²) in [4.78, 5) is 23.5. The number of hydrogen-bond donors (Lipinski definition) is 3. The Hall–Kier alpha value is -1.40. The number of benzene rings is 1. The molecule has 0 aromatic heterocycles. The maximum atomic E-state index is 11.8. The minimum atomic E-state index is -0.833. The van der Waals surface area contributed by atoms with Crippen molar-refractivity contribution in [3.8, 4) is 0 Å². The van der Waals surface area contributed by atoms with E-state index in [0.29, 0.717) is 23.0 Å². The van der Waals surface area contributed by atoms with E-state index in [0.717, 1.165) is 12.0 Å². The zero-order valence-electron chi connectivity index (χ0n) is 11.2. The summed E-state index contributed by atoms with van der Waals surface area (Å²) in [6.07, 6.45) is 2.28. The van der Waals surface area contributed by atoms with Crippen molar-refractivity contribution < 1.29 is 14.7 Å². The van der Waals surface area contributed by atoms with Gasteiger partial charge in [-0.05, 0) is 59.8 Å². The Morgan fingerprint density at radius 1 is 1.35 bits per heavy atom. The van der Waals surface area contributed by atoms with E-state index in [1.165, 1.54) is 0 Å². The summed E-state index contributed by atoms with van der Waals surface area (Å²) in [5, 5.41) is 14.9. The second-order valence-electron chi connectivity index (χ2n) is 5.20. The summed E-state index contributed by atoms with van der Waals surface area (Å²) in [5.74, 6) is -1.47. The highest BCUT2D eigenvalue weighted by Crippen LogP contribution is 2.30. The minimum Gasteiger partial charge on any atom is -0.388 e. The van der Waals surface area contributed by atoms with E-state index < -0.39 is 17.4 Å². The Morgan fingerprint density at radius 2 is 2.05 bits per heavy atom. The molecule has 0 atom stereocenters. The third kappa shape index (κ3) is 3.58. The molecular formula is C14H17BrN2O3. The highest BCUT2D eigenvalue weighted by Gasteiger charge is 2.35. The lowest BCUT2D eigenvalue weighted by atomic mass is 9.80. The van der Waals surface area contributed by atoms with Crippen molar-refractivity contribution in [3.05, 3.63) is 28.2 Å². The van der Waals surface area contributed by atoms with Crippen molar-refractivity contribution in [2.45, 2.75) is 31.8 Å². The van der Waals surface area contributed by atoms with E-state index >= 15 is 0 Å². The third-order valence-corrected chi connectivity index (χ3v) is 4.13. The number of aryl methyl sites for hydroxylation is 1. The minimum absolute atomic E-state index is 0.119. The van der Waals surface area contributed by atoms with E-state index in [1.54, 1.807) is 12.1 Å². The highest BCUT2D eigenvalue weighted by atomic mass is 79.9. The molecule has 1 aromatic rings. The molecule has 0 radical (unpaired) electrons. The number of nitrogens with one attached hydrogen (secondary N) is 2. The summed E-state index contributed by atoms with van der Waals surface area (Å²) in [6, 6.07) is 5.47. The first-order valence-electron chi connectivity index (χ1n) is 6.47. The van der Waals surface area contributed by atoms with Gasteiger partial charge in [0.2, 0.25) is 0 Å². The van der Waals surface area contributed by atoms with Crippen molar-refractivity contribution >= 4 is 33.4 Å². The highest BCUT2D eigenvalue weighted by molar-refractivity contribution is 9.10. The summed E-state index contributed by atoms with van der Waals surface area (Å²) >= 11 is 3.31. The number of carbonyl (C=O) groups excluding carboxylic acids is 2. The molecule has 3 N–H and O–H groups in total. The smallest absolute Gasteiger partial charge is 0.313 e. The number of aliphatic hydroxyl groups is 1. The van der Waals surface area contributed by atoms with Crippen LogP contribution in [0.2, 0.25) is 0 Å². The van der Waals surface area contributed by atoms with Crippen molar-refractivity contribution in [2.75, 3.05) is 11.9 Å². The molecule has 6 heteroatoms. The van der Waals surface area contributed by atoms with Crippen molar-refractivity contribution in [1.82, 2.24) is 5.32 Å². The van der Waals surface area contributed by atoms with Crippen LogP contribution >= 0.6 is 15.9 Å². The van der Waals surface area contributed by atoms with Gasteiger partial charge < -0.3 is 15.7 Å². The number of rotatable bonds is 3. The molecule has 1 aliphatic rings. The van der Waals surface area contributed by atoms with Crippen LogP contribution in [0.25, 0.3) is 0 Å². The lowest BCUT2D eigenvalue weighted by Gasteiger charge is -2.36. The van der Waals surface area contributed by atoms with Crippen LogP contribution in [0.3, 0.4) is 0 Å². The predicted molar refractivity (Wildman–Crippen MR) is 79.3 cm³/mol. The van der Waals surface area contributed by atoms with Gasteiger partial charge in [-0.3, -0.25) is 9.59 Å². The maximum Gasteiger partial charge on any atom is 0.313 e. The van der Waals surface area contributed by atoms with Gasteiger partial charge in [-0.2, -0.15) is 0 Å². The molecule has 1 saturated carbocycles. The van der Waals surface area contributed by atoms with Crippen molar-refractivity contribution in [2.24, 2.45) is 0 Å². The average Bonchev–Trinajstić information content (AvgIpc) is 2.38. The van der Waals surface area contributed by atoms with Gasteiger partial charge in [0.25, 0.3) is 0 Å². The van der Waals surface area contributed by atoms with Gasteiger partial charge in [0.1, 0.15) is 0 Å². The molecule has 108 valence electrons. The molecule has 0 saturated heterocycles. The SMILES string of the molecule is Cc1ccc(Br)c(NC(=O)C(=O)NCC2(O)CCC2)c1. The molecule has 20 heavy (non-hydrogen) atoms. The van der Waals surface area contributed by atoms with Crippen LogP contribution in [-0.4, -0.2) is 29.1 Å². The van der Waals surface area contributed by atoms with E-state index in [4.69, 9.17) is 0 Å². The summed E-state index contributed by atoms with van der Waals surface area (Å²) < 4.78 is 0.710. The molecular weight excluding hydrogens is 324 g/mol. The van der Waals surface area contributed by atoms with Gasteiger partial charge >= 0.3 is 11.8 Å². The van der Waals surface area contributed by atoms with E-state index in [9.17, 15) is 14.7 Å². The number of halogens is 1. The van der Waals surface area contributed by atoms with Crippen LogP contribution in [0, 0.1) is 6.92 Å². The Morgan fingerprint density at radius 3 is 2.65 bits per heavy atom. The molecule has 0 heterocycles. The molecule has 2 rings (SSSR count). The van der Waals surface area contributed by atoms with Crippen LogP contribution in [0.15, 0.2) is 22.7 Å². The van der Waals surface area contributed by atoms with Crippen LogP contribution in [-0.2, 0) is 9.59 Å². The quantitative estimate of drug-likeness (QED) is 0.733. The van der Waals surface area contributed by atoms with Crippen LogP contribution in [0.4, 0.5) is 5.69 Å². The molecule has 0 bridgehead atoms. The normalized spacial score (nSPS) is 16.1. The van der Waals surface area contributed by atoms with Gasteiger partial charge in [0.15, 0.2) is 0 Å². The average molecular weight is 341 g/mol. The van der Waals surface area contributed by atoms with Gasteiger partial charge in [-0.15, -0.1) is 0 Å². The maximum absolute atomic E-state index is 11.8. The number of amides is 2. The third-order valence-electron chi connectivity index (χ3n) is 3.44. The first-order chi connectivity index (χ1) is 9.39. The molecule has 1 aliphatic carbocycles. The topological polar surface area (TPSA) is 78.4 Å². The molecule has 1 aromatic carbocycles. The van der Waals surface area contributed by atoms with Crippen molar-refractivity contribution in [1.29, 1.82) is 0 Å². The first-order valence-corrected chi connectivity index (χ1v) is 7.27. The summed E-state index contributed by atoms with van der Waals surface area (Å²) in [7, 11) is 0. The molecule has 0 spiro atoms. The second-order valence-corrected chi connectivity index (χ2v) is 6.05.